The molecule has 0 aliphatic heterocycles. The lowest BCUT2D eigenvalue weighted by molar-refractivity contribution is 0.714. The van der Waals surface area contributed by atoms with E-state index in [0.29, 0.717) is 17.6 Å². The third kappa shape index (κ3) is 3.80. The molecular formula is C19H18N2S2. The van der Waals surface area contributed by atoms with Gasteiger partial charge in [-0.1, -0.05) is 54.2 Å². The lowest BCUT2D eigenvalue weighted by Crippen LogP contribution is -2.11. The van der Waals surface area contributed by atoms with Crippen molar-refractivity contribution in [2.45, 2.75) is 24.0 Å². The molecule has 2 aromatic carbocycles. The average molecular weight is 339 g/mol. The Kier molecular flexibility index (Phi) is 5.43. The Bertz CT molecular complexity index is 735. The Morgan fingerprint density at radius 3 is 2.65 bits per heavy atom. The van der Waals surface area contributed by atoms with Gasteiger partial charge in [-0.05, 0) is 35.9 Å². The molecule has 2 atom stereocenters. The van der Waals surface area contributed by atoms with Crippen molar-refractivity contribution in [2.24, 2.45) is 4.99 Å². The van der Waals surface area contributed by atoms with Gasteiger partial charge in [0, 0.05) is 17.6 Å². The number of benzene rings is 2. The SMILES string of the molecule is CSC(=Nc1ccccc1)SC1Cc2ccccc2C1CC#N. The summed E-state index contributed by atoms with van der Waals surface area (Å²) in [5.74, 6) is 0.300. The van der Waals surface area contributed by atoms with Crippen LogP contribution in [-0.4, -0.2) is 15.9 Å². The van der Waals surface area contributed by atoms with E-state index < -0.39 is 0 Å². The number of para-hydroxylation sites is 1. The van der Waals surface area contributed by atoms with Crippen molar-refractivity contribution in [2.75, 3.05) is 6.26 Å². The van der Waals surface area contributed by atoms with Crippen LogP contribution in [-0.2, 0) is 6.42 Å². The van der Waals surface area contributed by atoms with Crippen molar-refractivity contribution >= 4 is 33.6 Å². The van der Waals surface area contributed by atoms with Crippen LogP contribution < -0.4 is 0 Å². The number of nitriles is 1. The molecular weight excluding hydrogens is 320 g/mol. The van der Waals surface area contributed by atoms with Gasteiger partial charge in [-0.2, -0.15) is 5.26 Å². The fourth-order valence-electron chi connectivity index (χ4n) is 2.96. The summed E-state index contributed by atoms with van der Waals surface area (Å²) in [6.07, 6.45) is 3.65. The first kappa shape index (κ1) is 16.2. The highest BCUT2D eigenvalue weighted by molar-refractivity contribution is 8.38. The summed E-state index contributed by atoms with van der Waals surface area (Å²) in [4.78, 5) is 4.76. The topological polar surface area (TPSA) is 36.1 Å². The van der Waals surface area contributed by atoms with Crippen molar-refractivity contribution in [3.05, 3.63) is 65.7 Å². The molecule has 1 aliphatic carbocycles. The number of hydrogen-bond donors (Lipinski definition) is 0. The van der Waals surface area contributed by atoms with Gasteiger partial charge in [-0.3, -0.25) is 0 Å². The maximum absolute atomic E-state index is 9.20. The molecule has 0 heterocycles. The summed E-state index contributed by atoms with van der Waals surface area (Å²) in [6, 6.07) is 20.9. The molecule has 0 bridgehead atoms. The quantitative estimate of drug-likeness (QED) is 0.556. The third-order valence-corrected chi connectivity index (χ3v) is 6.36. The number of nitrogens with zero attached hydrogens (tertiary/aromatic N) is 2. The Morgan fingerprint density at radius 1 is 1.17 bits per heavy atom. The summed E-state index contributed by atoms with van der Waals surface area (Å²) in [5.41, 5.74) is 3.70. The van der Waals surface area contributed by atoms with Gasteiger partial charge in [-0.15, -0.1) is 11.8 Å². The second-order valence-electron chi connectivity index (χ2n) is 5.45. The van der Waals surface area contributed by atoms with Crippen LogP contribution in [0.3, 0.4) is 0 Å². The molecule has 0 saturated heterocycles. The molecule has 0 N–H and O–H groups in total. The predicted molar refractivity (Wildman–Crippen MR) is 102 cm³/mol. The summed E-state index contributed by atoms with van der Waals surface area (Å²) in [5, 5.41) is 9.59. The number of hydrogen-bond acceptors (Lipinski definition) is 4. The molecule has 0 saturated carbocycles. The lowest BCUT2D eigenvalue weighted by Gasteiger charge is -2.17. The van der Waals surface area contributed by atoms with Gasteiger partial charge < -0.3 is 0 Å². The first-order valence-corrected chi connectivity index (χ1v) is 9.71. The van der Waals surface area contributed by atoms with E-state index >= 15 is 0 Å². The van der Waals surface area contributed by atoms with Gasteiger partial charge >= 0.3 is 0 Å². The van der Waals surface area contributed by atoms with Crippen LogP contribution in [0.1, 0.15) is 23.5 Å². The Labute approximate surface area is 146 Å². The number of fused-ring (bicyclic) bond motifs is 1. The number of aliphatic imine (C=N–C) groups is 1. The predicted octanol–water partition coefficient (Wildman–Crippen LogP) is 5.39. The maximum Gasteiger partial charge on any atom is 0.130 e. The van der Waals surface area contributed by atoms with Crippen LogP contribution in [0.25, 0.3) is 0 Å². The molecule has 0 aromatic heterocycles. The van der Waals surface area contributed by atoms with E-state index in [1.54, 1.807) is 11.8 Å². The molecule has 0 spiro atoms. The fourth-order valence-corrected chi connectivity index (χ4v) is 5.00. The highest BCUT2D eigenvalue weighted by Gasteiger charge is 2.33. The van der Waals surface area contributed by atoms with Gasteiger partial charge in [0.2, 0.25) is 0 Å². The monoisotopic (exact) mass is 338 g/mol. The standard InChI is InChI=1S/C19H18N2S2/c1-22-19(21-15-8-3-2-4-9-15)23-18-13-14-7-5-6-10-16(14)17(18)11-12-20/h2-10,17-18H,11,13H2,1H3. The van der Waals surface area contributed by atoms with Crippen molar-refractivity contribution in [3.63, 3.8) is 0 Å². The Morgan fingerprint density at radius 2 is 1.91 bits per heavy atom. The summed E-state index contributed by atoms with van der Waals surface area (Å²) in [7, 11) is 0. The summed E-state index contributed by atoms with van der Waals surface area (Å²) >= 11 is 3.49. The Hall–Kier alpha value is -1.70. The first-order valence-electron chi connectivity index (χ1n) is 7.61. The van der Waals surface area contributed by atoms with Gasteiger partial charge in [-0.25, -0.2) is 4.99 Å². The van der Waals surface area contributed by atoms with Crippen molar-refractivity contribution < 1.29 is 0 Å². The van der Waals surface area contributed by atoms with Gasteiger partial charge in [0.25, 0.3) is 0 Å². The van der Waals surface area contributed by atoms with Crippen molar-refractivity contribution in [1.82, 2.24) is 0 Å². The van der Waals surface area contributed by atoms with Crippen LogP contribution in [0.15, 0.2) is 59.6 Å². The minimum absolute atomic E-state index is 0.300. The van der Waals surface area contributed by atoms with Gasteiger partial charge in [0.05, 0.1) is 11.8 Å². The van der Waals surface area contributed by atoms with Crippen LogP contribution in [0.4, 0.5) is 5.69 Å². The molecule has 0 radical (unpaired) electrons. The van der Waals surface area contributed by atoms with E-state index in [2.05, 4.69) is 36.6 Å². The second kappa shape index (κ2) is 7.72. The van der Waals surface area contributed by atoms with E-state index in [0.717, 1.165) is 16.5 Å². The van der Waals surface area contributed by atoms with E-state index in [1.807, 2.05) is 42.1 Å². The third-order valence-electron chi connectivity index (χ3n) is 4.04. The second-order valence-corrected chi connectivity index (χ2v) is 7.73. The first-order chi connectivity index (χ1) is 11.3. The summed E-state index contributed by atoms with van der Waals surface area (Å²) in [6.45, 7) is 0. The van der Waals surface area contributed by atoms with E-state index in [-0.39, 0.29) is 0 Å². The zero-order chi connectivity index (χ0) is 16.1. The molecule has 4 heteroatoms. The van der Waals surface area contributed by atoms with Crippen LogP contribution in [0.2, 0.25) is 0 Å². The van der Waals surface area contributed by atoms with Crippen molar-refractivity contribution in [1.29, 1.82) is 5.26 Å². The number of rotatable bonds is 3. The number of thioether (sulfide) groups is 2. The molecule has 0 fully saturated rings. The lowest BCUT2D eigenvalue weighted by atomic mass is 9.98. The highest BCUT2D eigenvalue weighted by atomic mass is 32.2. The molecule has 2 aromatic rings. The van der Waals surface area contributed by atoms with Gasteiger partial charge in [0.1, 0.15) is 4.38 Å². The molecule has 0 amide bonds. The smallest absolute Gasteiger partial charge is 0.130 e. The molecule has 116 valence electrons. The molecule has 3 rings (SSSR count). The largest absolute Gasteiger partial charge is 0.235 e. The normalized spacial score (nSPS) is 20.1. The minimum Gasteiger partial charge on any atom is -0.235 e. The van der Waals surface area contributed by atoms with E-state index in [1.165, 1.54) is 11.1 Å². The van der Waals surface area contributed by atoms with Crippen molar-refractivity contribution in [3.8, 4) is 6.07 Å². The zero-order valence-corrected chi connectivity index (χ0v) is 14.6. The molecule has 2 unspecified atom stereocenters. The maximum atomic E-state index is 9.20. The van der Waals surface area contributed by atoms with Crippen LogP contribution >= 0.6 is 23.5 Å². The van der Waals surface area contributed by atoms with Crippen LogP contribution in [0, 0.1) is 11.3 Å². The molecule has 2 nitrogen and oxygen atoms in total. The van der Waals surface area contributed by atoms with E-state index in [9.17, 15) is 5.26 Å². The minimum atomic E-state index is 0.300. The summed E-state index contributed by atoms with van der Waals surface area (Å²) < 4.78 is 1.07. The van der Waals surface area contributed by atoms with E-state index in [4.69, 9.17) is 4.99 Å². The highest BCUT2D eigenvalue weighted by Crippen LogP contribution is 2.43. The zero-order valence-electron chi connectivity index (χ0n) is 13.0. The van der Waals surface area contributed by atoms with Crippen LogP contribution in [0.5, 0.6) is 0 Å². The van der Waals surface area contributed by atoms with Gasteiger partial charge in [0.15, 0.2) is 0 Å². The molecule has 1 aliphatic rings. The molecule has 23 heavy (non-hydrogen) atoms. The Balaban J connectivity index is 1.81. The average Bonchev–Trinajstić information content (AvgIpc) is 2.93. The fraction of sp³-hybridized carbons (Fsp3) is 0.263.